The number of hydrogen-bond acceptors (Lipinski definition) is 3. The molecule has 1 aliphatic rings. The van der Waals surface area contributed by atoms with E-state index in [0.29, 0.717) is 18.3 Å². The van der Waals surface area contributed by atoms with Crippen LogP contribution in [0.15, 0.2) is 48.5 Å². The Morgan fingerprint density at radius 3 is 2.16 bits per heavy atom. The Morgan fingerprint density at radius 2 is 1.64 bits per heavy atom. The van der Waals surface area contributed by atoms with Gasteiger partial charge in [0.1, 0.15) is 6.61 Å². The summed E-state index contributed by atoms with van der Waals surface area (Å²) in [5.74, 6) is 1.21. The number of thiol groups is 1. The monoisotopic (exact) mass is 355 g/mol. The molecule has 2 aromatic carbocycles. The molecule has 0 radical (unpaired) electrons. The Morgan fingerprint density at radius 1 is 1.08 bits per heavy atom. The predicted octanol–water partition coefficient (Wildman–Crippen LogP) is 4.87. The molecule has 1 N–H and O–H groups in total. The molecule has 3 nitrogen and oxygen atoms in total. The molecular formula is C21H25NO2S. The average molecular weight is 356 g/mol. The van der Waals surface area contributed by atoms with E-state index in [-0.39, 0.29) is 18.1 Å². The second-order valence-corrected chi connectivity index (χ2v) is 7.34. The van der Waals surface area contributed by atoms with Crippen LogP contribution >= 0.6 is 12.6 Å². The fraction of sp³-hybridized carbons (Fsp3) is 0.381. The van der Waals surface area contributed by atoms with Gasteiger partial charge in [0.2, 0.25) is 0 Å². The van der Waals surface area contributed by atoms with Gasteiger partial charge in [0, 0.05) is 17.7 Å². The third-order valence-electron chi connectivity index (χ3n) is 4.64. The molecule has 0 saturated carbocycles. The molecule has 2 aromatic rings. The minimum absolute atomic E-state index is 0.0407. The summed E-state index contributed by atoms with van der Waals surface area (Å²) in [6.45, 7) is 4.62. The van der Waals surface area contributed by atoms with Crippen LogP contribution in [-0.2, 0) is 4.74 Å². The maximum absolute atomic E-state index is 12.2. The minimum Gasteiger partial charge on any atom is -0.449 e. The quantitative estimate of drug-likeness (QED) is 0.726. The highest BCUT2D eigenvalue weighted by Crippen LogP contribution is 2.44. The number of rotatable bonds is 6. The molecule has 4 heteroatoms. The lowest BCUT2D eigenvalue weighted by Crippen LogP contribution is -2.38. The summed E-state index contributed by atoms with van der Waals surface area (Å²) < 4.78 is 5.57. The fourth-order valence-corrected chi connectivity index (χ4v) is 3.80. The first kappa shape index (κ1) is 17.9. The molecule has 0 unspecified atom stereocenters. The number of amides is 1. The van der Waals surface area contributed by atoms with Gasteiger partial charge in [-0.3, -0.25) is 0 Å². The van der Waals surface area contributed by atoms with Gasteiger partial charge in [-0.2, -0.15) is 12.6 Å². The van der Waals surface area contributed by atoms with Gasteiger partial charge < -0.3 is 10.1 Å². The van der Waals surface area contributed by atoms with Crippen LogP contribution in [0, 0.1) is 5.92 Å². The smallest absolute Gasteiger partial charge is 0.407 e. The number of alkyl carbamates (subject to hydrolysis) is 1. The summed E-state index contributed by atoms with van der Waals surface area (Å²) >= 11 is 4.32. The molecule has 0 heterocycles. The van der Waals surface area contributed by atoms with E-state index in [1.807, 2.05) is 12.1 Å². The Hall–Kier alpha value is -1.94. The Balaban J connectivity index is 1.68. The van der Waals surface area contributed by atoms with Crippen LogP contribution < -0.4 is 5.32 Å². The summed E-state index contributed by atoms with van der Waals surface area (Å²) in [5, 5.41) is 2.93. The topological polar surface area (TPSA) is 38.3 Å². The van der Waals surface area contributed by atoms with Crippen molar-refractivity contribution in [1.29, 1.82) is 0 Å². The summed E-state index contributed by atoms with van der Waals surface area (Å²) in [6, 6.07) is 16.7. The lowest BCUT2D eigenvalue weighted by atomic mass is 9.98. The van der Waals surface area contributed by atoms with E-state index in [2.05, 4.69) is 68.2 Å². The molecule has 0 aromatic heterocycles. The Labute approximate surface area is 155 Å². The molecule has 3 rings (SSSR count). The number of benzene rings is 2. The Kier molecular flexibility index (Phi) is 5.69. The normalized spacial score (nSPS) is 14.1. The molecule has 0 aliphatic heterocycles. The number of hydrogen-bond donors (Lipinski definition) is 2. The molecule has 132 valence electrons. The van der Waals surface area contributed by atoms with Crippen molar-refractivity contribution in [3.63, 3.8) is 0 Å². The van der Waals surface area contributed by atoms with E-state index in [9.17, 15) is 4.79 Å². The lowest BCUT2D eigenvalue weighted by Gasteiger charge is -2.20. The largest absolute Gasteiger partial charge is 0.449 e. The zero-order valence-electron chi connectivity index (χ0n) is 14.7. The number of carbonyl (C=O) groups is 1. The zero-order chi connectivity index (χ0) is 17.8. The van der Waals surface area contributed by atoms with E-state index in [1.54, 1.807) is 0 Å². The number of nitrogens with one attached hydrogen (secondary N) is 1. The van der Waals surface area contributed by atoms with Crippen LogP contribution in [-0.4, -0.2) is 24.5 Å². The molecule has 0 saturated heterocycles. The number of carbonyl (C=O) groups excluding carboxylic acids is 1. The van der Waals surface area contributed by atoms with Crippen molar-refractivity contribution in [3.05, 3.63) is 59.7 Å². The molecule has 0 fully saturated rings. The highest BCUT2D eigenvalue weighted by molar-refractivity contribution is 7.80. The minimum atomic E-state index is -0.360. The van der Waals surface area contributed by atoms with Crippen molar-refractivity contribution >= 4 is 18.7 Å². The van der Waals surface area contributed by atoms with Crippen LogP contribution in [0.1, 0.15) is 37.3 Å². The van der Waals surface area contributed by atoms with Crippen LogP contribution in [0.5, 0.6) is 0 Å². The molecule has 1 aliphatic carbocycles. The standard InChI is InChI=1S/C21H25NO2S/c1-14(2)11-15(13-25)22-21(23)24-12-20-18-9-5-3-7-16(18)17-8-4-6-10-19(17)20/h3-10,14-15,20,25H,11-13H2,1-2H3,(H,22,23)/t15-/m0/s1. The number of ether oxygens (including phenoxy) is 1. The van der Waals surface area contributed by atoms with Crippen LogP contribution in [0.3, 0.4) is 0 Å². The second kappa shape index (κ2) is 7.96. The van der Waals surface area contributed by atoms with Crippen LogP contribution in [0.4, 0.5) is 4.79 Å². The summed E-state index contributed by atoms with van der Waals surface area (Å²) in [4.78, 5) is 12.2. The van der Waals surface area contributed by atoms with Crippen LogP contribution in [0.25, 0.3) is 11.1 Å². The average Bonchev–Trinajstić information content (AvgIpc) is 2.93. The summed E-state index contributed by atoms with van der Waals surface area (Å²) in [5.41, 5.74) is 4.93. The third-order valence-corrected chi connectivity index (χ3v) is 5.08. The van der Waals surface area contributed by atoms with Gasteiger partial charge in [-0.05, 0) is 34.6 Å². The highest BCUT2D eigenvalue weighted by Gasteiger charge is 2.29. The van der Waals surface area contributed by atoms with Gasteiger partial charge in [-0.1, -0.05) is 62.4 Å². The third kappa shape index (κ3) is 4.01. The predicted molar refractivity (Wildman–Crippen MR) is 105 cm³/mol. The van der Waals surface area contributed by atoms with Crippen molar-refractivity contribution in [2.75, 3.05) is 12.4 Å². The van der Waals surface area contributed by atoms with E-state index >= 15 is 0 Å². The number of fused-ring (bicyclic) bond motifs is 3. The van der Waals surface area contributed by atoms with E-state index in [4.69, 9.17) is 4.74 Å². The fourth-order valence-electron chi connectivity index (χ4n) is 3.55. The van der Waals surface area contributed by atoms with E-state index in [1.165, 1.54) is 22.3 Å². The van der Waals surface area contributed by atoms with Gasteiger partial charge in [0.15, 0.2) is 0 Å². The molecule has 1 atom stereocenters. The lowest BCUT2D eigenvalue weighted by molar-refractivity contribution is 0.139. The molecule has 1 amide bonds. The SMILES string of the molecule is CC(C)C[C@@H](CS)NC(=O)OCC1c2ccccc2-c2ccccc21. The summed E-state index contributed by atoms with van der Waals surface area (Å²) in [6.07, 6.45) is 0.537. The maximum atomic E-state index is 12.2. The van der Waals surface area contributed by atoms with Crippen molar-refractivity contribution < 1.29 is 9.53 Å². The van der Waals surface area contributed by atoms with E-state index < -0.39 is 0 Å². The van der Waals surface area contributed by atoms with Crippen molar-refractivity contribution in [2.24, 2.45) is 5.92 Å². The second-order valence-electron chi connectivity index (χ2n) is 6.98. The molecule has 25 heavy (non-hydrogen) atoms. The first-order chi connectivity index (χ1) is 12.1. The van der Waals surface area contributed by atoms with E-state index in [0.717, 1.165) is 6.42 Å². The molecule has 0 bridgehead atoms. The van der Waals surface area contributed by atoms with Gasteiger partial charge >= 0.3 is 6.09 Å². The molecular weight excluding hydrogens is 330 g/mol. The van der Waals surface area contributed by atoms with Gasteiger partial charge in [-0.15, -0.1) is 0 Å². The highest BCUT2D eigenvalue weighted by atomic mass is 32.1. The summed E-state index contributed by atoms with van der Waals surface area (Å²) in [7, 11) is 0. The van der Waals surface area contributed by atoms with Crippen molar-refractivity contribution in [2.45, 2.75) is 32.2 Å². The first-order valence-electron chi connectivity index (χ1n) is 8.82. The Bertz CT molecular complexity index is 699. The first-order valence-corrected chi connectivity index (χ1v) is 9.45. The van der Waals surface area contributed by atoms with Gasteiger partial charge in [-0.25, -0.2) is 4.79 Å². The maximum Gasteiger partial charge on any atom is 0.407 e. The molecule has 0 spiro atoms. The van der Waals surface area contributed by atoms with Crippen molar-refractivity contribution in [3.8, 4) is 11.1 Å². The zero-order valence-corrected chi connectivity index (χ0v) is 15.6. The van der Waals surface area contributed by atoms with Crippen molar-refractivity contribution in [1.82, 2.24) is 5.32 Å². The van der Waals surface area contributed by atoms with Gasteiger partial charge in [0.05, 0.1) is 0 Å². The van der Waals surface area contributed by atoms with Crippen LogP contribution in [0.2, 0.25) is 0 Å². The van der Waals surface area contributed by atoms with Gasteiger partial charge in [0.25, 0.3) is 0 Å².